The summed E-state index contributed by atoms with van der Waals surface area (Å²) < 4.78 is 0. The Hall–Kier alpha value is -1.01. The second kappa shape index (κ2) is 4.88. The fourth-order valence-corrected chi connectivity index (χ4v) is 2.56. The smallest absolute Gasteiger partial charge is 0.0591 e. The van der Waals surface area contributed by atoms with Gasteiger partial charge < -0.3 is 0 Å². The van der Waals surface area contributed by atoms with Crippen molar-refractivity contribution < 1.29 is 0 Å². The van der Waals surface area contributed by atoms with Crippen LogP contribution in [0.15, 0.2) is 36.4 Å². The van der Waals surface area contributed by atoms with Crippen molar-refractivity contribution in [3.05, 3.63) is 47.5 Å². The van der Waals surface area contributed by atoms with Gasteiger partial charge in [0.05, 0.1) is 5.38 Å². The molecule has 2 aromatic rings. The molecule has 2 aromatic carbocycles. The van der Waals surface area contributed by atoms with Crippen LogP contribution in [0.3, 0.4) is 0 Å². The van der Waals surface area contributed by atoms with Crippen LogP contribution in [0.5, 0.6) is 0 Å². The summed E-state index contributed by atoms with van der Waals surface area (Å²) in [6.45, 7) is 4.32. The van der Waals surface area contributed by atoms with E-state index in [1.807, 2.05) is 0 Å². The first-order chi connectivity index (χ1) is 7.74. The molecule has 0 N–H and O–H groups in total. The molecule has 1 atom stereocenters. The molecule has 0 aliphatic heterocycles. The lowest BCUT2D eigenvalue weighted by Crippen LogP contribution is -1.92. The number of halogens is 1. The maximum absolute atomic E-state index is 6.44. The summed E-state index contributed by atoms with van der Waals surface area (Å²) in [4.78, 5) is 0. The second-order valence-corrected chi connectivity index (χ2v) is 4.80. The third-order valence-corrected chi connectivity index (χ3v) is 3.51. The lowest BCUT2D eigenvalue weighted by Gasteiger charge is -2.13. The first-order valence-electron chi connectivity index (χ1n) is 5.86. The van der Waals surface area contributed by atoms with Gasteiger partial charge in [-0.05, 0) is 35.2 Å². The second-order valence-electron chi connectivity index (χ2n) is 4.27. The van der Waals surface area contributed by atoms with Crippen LogP contribution >= 0.6 is 11.6 Å². The molecule has 0 saturated heterocycles. The number of hydrogen-bond donors (Lipinski definition) is 0. The average molecular weight is 233 g/mol. The number of fused-ring (bicyclic) bond motifs is 1. The fraction of sp³-hybridized carbons (Fsp3) is 0.333. The zero-order chi connectivity index (χ0) is 11.5. The van der Waals surface area contributed by atoms with Crippen molar-refractivity contribution in [3.63, 3.8) is 0 Å². The third kappa shape index (κ3) is 2.08. The van der Waals surface area contributed by atoms with Crippen molar-refractivity contribution in [1.82, 2.24) is 0 Å². The van der Waals surface area contributed by atoms with Gasteiger partial charge in [-0.25, -0.2) is 0 Å². The van der Waals surface area contributed by atoms with Crippen molar-refractivity contribution in [1.29, 1.82) is 0 Å². The molecular formula is C15H17Cl. The van der Waals surface area contributed by atoms with Gasteiger partial charge in [0.25, 0.3) is 0 Å². The Morgan fingerprint density at radius 1 is 1.06 bits per heavy atom. The minimum absolute atomic E-state index is 0.135. The summed E-state index contributed by atoms with van der Waals surface area (Å²) in [5.74, 6) is 0. The molecule has 0 aromatic heterocycles. The van der Waals surface area contributed by atoms with E-state index in [1.54, 1.807) is 0 Å². The molecule has 0 bridgehead atoms. The van der Waals surface area contributed by atoms with Crippen LogP contribution in [-0.4, -0.2) is 0 Å². The molecule has 0 heterocycles. The average Bonchev–Trinajstić information content (AvgIpc) is 2.30. The Kier molecular flexibility index (Phi) is 3.50. The molecule has 0 spiro atoms. The van der Waals surface area contributed by atoms with Gasteiger partial charge in [-0.15, -0.1) is 11.6 Å². The van der Waals surface area contributed by atoms with E-state index in [0.29, 0.717) is 0 Å². The molecule has 0 nitrogen and oxygen atoms in total. The largest absolute Gasteiger partial charge is 0.118 e. The molecule has 16 heavy (non-hydrogen) atoms. The van der Waals surface area contributed by atoms with Crippen molar-refractivity contribution in [2.24, 2.45) is 0 Å². The van der Waals surface area contributed by atoms with Crippen molar-refractivity contribution in [2.75, 3.05) is 0 Å². The quantitative estimate of drug-likeness (QED) is 0.636. The molecule has 0 fully saturated rings. The summed E-state index contributed by atoms with van der Waals surface area (Å²) in [7, 11) is 0. The van der Waals surface area contributed by atoms with Crippen LogP contribution in [0.2, 0.25) is 0 Å². The standard InChI is InChI=1S/C15H17Cl/c1-3-6-15(16)14-10-9-11(2)12-7-4-5-8-13(12)14/h4-5,7-10,15H,3,6H2,1-2H3. The Bertz CT molecular complexity index is 488. The van der Waals surface area contributed by atoms with Crippen LogP contribution in [0, 0.1) is 6.92 Å². The van der Waals surface area contributed by atoms with Crippen LogP contribution in [-0.2, 0) is 0 Å². The van der Waals surface area contributed by atoms with Gasteiger partial charge in [0, 0.05) is 0 Å². The van der Waals surface area contributed by atoms with Gasteiger partial charge >= 0.3 is 0 Å². The van der Waals surface area contributed by atoms with E-state index in [1.165, 1.54) is 21.9 Å². The zero-order valence-electron chi connectivity index (χ0n) is 9.83. The van der Waals surface area contributed by atoms with E-state index < -0.39 is 0 Å². The number of benzene rings is 2. The SMILES string of the molecule is CCCC(Cl)c1ccc(C)c2ccccc12. The first kappa shape index (κ1) is 11.5. The molecule has 0 aliphatic carbocycles. The topological polar surface area (TPSA) is 0 Å². The molecule has 0 radical (unpaired) electrons. The molecule has 84 valence electrons. The van der Waals surface area contributed by atoms with Crippen molar-refractivity contribution in [3.8, 4) is 0 Å². The lowest BCUT2D eigenvalue weighted by molar-refractivity contribution is 0.774. The Morgan fingerprint density at radius 3 is 2.44 bits per heavy atom. The highest BCUT2D eigenvalue weighted by Crippen LogP contribution is 2.32. The van der Waals surface area contributed by atoms with Crippen LogP contribution < -0.4 is 0 Å². The summed E-state index contributed by atoms with van der Waals surface area (Å²) in [6.07, 6.45) is 2.16. The third-order valence-electron chi connectivity index (χ3n) is 3.06. The highest BCUT2D eigenvalue weighted by atomic mass is 35.5. The predicted octanol–water partition coefficient (Wildman–Crippen LogP) is 5.23. The summed E-state index contributed by atoms with van der Waals surface area (Å²) in [5.41, 5.74) is 2.59. The van der Waals surface area contributed by atoms with E-state index in [2.05, 4.69) is 50.2 Å². The minimum atomic E-state index is 0.135. The van der Waals surface area contributed by atoms with E-state index >= 15 is 0 Å². The Labute approximate surface area is 102 Å². The number of rotatable bonds is 3. The van der Waals surface area contributed by atoms with E-state index in [9.17, 15) is 0 Å². The summed E-state index contributed by atoms with van der Waals surface area (Å²) in [6, 6.07) is 12.9. The van der Waals surface area contributed by atoms with E-state index in [4.69, 9.17) is 11.6 Å². The Balaban J connectivity index is 2.58. The zero-order valence-corrected chi connectivity index (χ0v) is 10.6. The monoisotopic (exact) mass is 232 g/mol. The molecule has 1 heteroatoms. The van der Waals surface area contributed by atoms with Crippen LogP contribution in [0.4, 0.5) is 0 Å². The normalized spacial score (nSPS) is 12.9. The summed E-state index contributed by atoms with van der Waals surface area (Å²) in [5, 5.41) is 2.76. The lowest BCUT2D eigenvalue weighted by atomic mass is 9.97. The first-order valence-corrected chi connectivity index (χ1v) is 6.30. The maximum atomic E-state index is 6.44. The van der Waals surface area contributed by atoms with Crippen molar-refractivity contribution >= 4 is 22.4 Å². The molecule has 1 unspecified atom stereocenters. The maximum Gasteiger partial charge on any atom is 0.0591 e. The number of aryl methyl sites for hydroxylation is 1. The van der Waals surface area contributed by atoms with Crippen molar-refractivity contribution in [2.45, 2.75) is 32.1 Å². The molecular weight excluding hydrogens is 216 g/mol. The fourth-order valence-electron chi connectivity index (χ4n) is 2.16. The highest BCUT2D eigenvalue weighted by Gasteiger charge is 2.10. The number of hydrogen-bond acceptors (Lipinski definition) is 0. The highest BCUT2D eigenvalue weighted by molar-refractivity contribution is 6.21. The molecule has 2 rings (SSSR count). The predicted molar refractivity (Wildman–Crippen MR) is 72.2 cm³/mol. The molecule has 0 amide bonds. The van der Waals surface area contributed by atoms with Gasteiger partial charge in [-0.3, -0.25) is 0 Å². The van der Waals surface area contributed by atoms with Gasteiger partial charge in [0.1, 0.15) is 0 Å². The van der Waals surface area contributed by atoms with E-state index in [-0.39, 0.29) is 5.38 Å². The Morgan fingerprint density at radius 2 is 1.75 bits per heavy atom. The van der Waals surface area contributed by atoms with Gasteiger partial charge in [0.15, 0.2) is 0 Å². The van der Waals surface area contributed by atoms with Gasteiger partial charge in [0.2, 0.25) is 0 Å². The van der Waals surface area contributed by atoms with Crippen LogP contribution in [0.25, 0.3) is 10.8 Å². The van der Waals surface area contributed by atoms with Crippen LogP contribution in [0.1, 0.15) is 36.3 Å². The summed E-state index contributed by atoms with van der Waals surface area (Å²) >= 11 is 6.44. The van der Waals surface area contributed by atoms with Gasteiger partial charge in [-0.2, -0.15) is 0 Å². The van der Waals surface area contributed by atoms with Gasteiger partial charge in [-0.1, -0.05) is 49.7 Å². The minimum Gasteiger partial charge on any atom is -0.118 e. The molecule has 0 aliphatic rings. The number of alkyl halides is 1. The molecule has 0 saturated carbocycles. The van der Waals surface area contributed by atoms with E-state index in [0.717, 1.165) is 12.8 Å².